The smallest absolute Gasteiger partial charge is 0.153 e. The van der Waals surface area contributed by atoms with Gasteiger partial charge in [0.15, 0.2) is 11.6 Å². The second-order valence-electron chi connectivity index (χ2n) is 9.47. The van der Waals surface area contributed by atoms with Gasteiger partial charge in [-0.3, -0.25) is 4.90 Å². The summed E-state index contributed by atoms with van der Waals surface area (Å²) in [7, 11) is 0. The number of rotatable bonds is 6. The molecule has 3 aromatic heterocycles. The number of piperazine rings is 1. The maximum Gasteiger partial charge on any atom is 0.153 e. The number of pyridine rings is 2. The van der Waals surface area contributed by atoms with Crippen molar-refractivity contribution in [1.82, 2.24) is 24.6 Å². The summed E-state index contributed by atoms with van der Waals surface area (Å²) in [5, 5.41) is 14.2. The molecule has 9 heteroatoms. The van der Waals surface area contributed by atoms with E-state index < -0.39 is 0 Å². The van der Waals surface area contributed by atoms with Crippen LogP contribution in [-0.2, 0) is 6.54 Å². The van der Waals surface area contributed by atoms with E-state index in [0.29, 0.717) is 12.5 Å². The molecule has 0 amide bonds. The van der Waals surface area contributed by atoms with Gasteiger partial charge in [-0.15, -0.1) is 12.4 Å². The van der Waals surface area contributed by atoms with E-state index in [1.807, 2.05) is 41.3 Å². The van der Waals surface area contributed by atoms with Crippen molar-refractivity contribution in [2.45, 2.75) is 33.2 Å². The molecule has 0 saturated carbocycles. The van der Waals surface area contributed by atoms with Crippen molar-refractivity contribution in [2.24, 2.45) is 5.92 Å². The molecular weight excluding hydrogens is 462 g/mol. The number of aryl methyl sites for hydroxylation is 1. The average Bonchev–Trinajstić information content (AvgIpc) is 3.18. The minimum absolute atomic E-state index is 0. The molecule has 5 heterocycles. The van der Waals surface area contributed by atoms with E-state index in [4.69, 9.17) is 10.1 Å². The molecule has 1 N–H and O–H groups in total. The van der Waals surface area contributed by atoms with Crippen molar-refractivity contribution in [3.63, 3.8) is 0 Å². The molecule has 0 aromatic carbocycles. The molecule has 35 heavy (non-hydrogen) atoms. The molecule has 0 radical (unpaired) electrons. The topological polar surface area (TPSA) is 73.6 Å². The second kappa shape index (κ2) is 11.4. The molecule has 2 fully saturated rings. The van der Waals surface area contributed by atoms with E-state index in [-0.39, 0.29) is 12.4 Å². The summed E-state index contributed by atoms with van der Waals surface area (Å²) < 4.78 is 1.96. The van der Waals surface area contributed by atoms with Gasteiger partial charge >= 0.3 is 0 Å². The van der Waals surface area contributed by atoms with E-state index in [2.05, 4.69) is 39.6 Å². The molecule has 0 spiro atoms. The second-order valence-corrected chi connectivity index (χ2v) is 9.47. The van der Waals surface area contributed by atoms with Gasteiger partial charge in [-0.05, 0) is 56.9 Å². The van der Waals surface area contributed by atoms with Gasteiger partial charge in [0.25, 0.3) is 0 Å². The Morgan fingerprint density at radius 3 is 2.31 bits per heavy atom. The van der Waals surface area contributed by atoms with Gasteiger partial charge in [-0.25, -0.2) is 14.6 Å². The van der Waals surface area contributed by atoms with Crippen molar-refractivity contribution < 1.29 is 5.11 Å². The van der Waals surface area contributed by atoms with Crippen LogP contribution in [0.5, 0.6) is 0 Å². The molecule has 8 nitrogen and oxygen atoms in total. The normalized spacial score (nSPS) is 17.5. The molecule has 188 valence electrons. The van der Waals surface area contributed by atoms with Crippen molar-refractivity contribution in [2.75, 3.05) is 55.7 Å². The molecule has 2 aliphatic rings. The molecule has 0 aliphatic carbocycles. The molecule has 5 rings (SSSR count). The SMILES string of the molecule is Cc1nn(-c2ccccn2)c(C)c1CN1CCN(c2cccnc2N2CCC(CO)CC2)CC1.Cl. The molecule has 0 unspecified atom stereocenters. The molecule has 3 aromatic rings. The monoisotopic (exact) mass is 497 g/mol. The van der Waals surface area contributed by atoms with E-state index in [0.717, 1.165) is 76.0 Å². The number of hydrogen-bond acceptors (Lipinski definition) is 7. The zero-order valence-electron chi connectivity index (χ0n) is 20.7. The maximum absolute atomic E-state index is 9.48. The van der Waals surface area contributed by atoms with Gasteiger partial charge in [-0.2, -0.15) is 5.10 Å². The fourth-order valence-electron chi connectivity index (χ4n) is 5.18. The number of aliphatic hydroxyl groups excluding tert-OH is 1. The fraction of sp³-hybridized carbons (Fsp3) is 0.500. The highest BCUT2D eigenvalue weighted by atomic mass is 35.5. The lowest BCUT2D eigenvalue weighted by molar-refractivity contribution is 0.202. The summed E-state index contributed by atoms with van der Waals surface area (Å²) in [6.45, 7) is 11.4. The Kier molecular flexibility index (Phi) is 8.26. The minimum atomic E-state index is 0. The summed E-state index contributed by atoms with van der Waals surface area (Å²) in [5.41, 5.74) is 4.78. The summed E-state index contributed by atoms with van der Waals surface area (Å²) in [6, 6.07) is 10.2. The number of halogens is 1. The molecular formula is C26H36ClN7O. The van der Waals surface area contributed by atoms with Crippen LogP contribution in [-0.4, -0.2) is 75.6 Å². The van der Waals surface area contributed by atoms with E-state index in [1.54, 1.807) is 0 Å². The summed E-state index contributed by atoms with van der Waals surface area (Å²) in [5.74, 6) is 2.39. The lowest BCUT2D eigenvalue weighted by Crippen LogP contribution is -2.47. The lowest BCUT2D eigenvalue weighted by Gasteiger charge is -2.39. The van der Waals surface area contributed by atoms with Gasteiger partial charge in [-0.1, -0.05) is 6.07 Å². The Morgan fingerprint density at radius 2 is 1.63 bits per heavy atom. The number of aliphatic hydroxyl groups is 1. The third-order valence-corrected chi connectivity index (χ3v) is 7.34. The first-order valence-electron chi connectivity index (χ1n) is 12.4. The number of aromatic nitrogens is 4. The number of piperidine rings is 1. The summed E-state index contributed by atoms with van der Waals surface area (Å²) in [4.78, 5) is 16.6. The maximum atomic E-state index is 9.48. The van der Waals surface area contributed by atoms with E-state index in [1.165, 1.54) is 16.9 Å². The third kappa shape index (κ3) is 5.44. The minimum Gasteiger partial charge on any atom is -0.396 e. The van der Waals surface area contributed by atoms with E-state index in [9.17, 15) is 5.11 Å². The third-order valence-electron chi connectivity index (χ3n) is 7.34. The molecule has 0 atom stereocenters. The Hall–Kier alpha value is -2.68. The first-order chi connectivity index (χ1) is 16.6. The van der Waals surface area contributed by atoms with Crippen molar-refractivity contribution in [3.05, 3.63) is 59.7 Å². The zero-order valence-corrected chi connectivity index (χ0v) is 21.5. The van der Waals surface area contributed by atoms with Crippen LogP contribution in [0.25, 0.3) is 5.82 Å². The molecule has 2 saturated heterocycles. The van der Waals surface area contributed by atoms with Crippen molar-refractivity contribution in [1.29, 1.82) is 0 Å². The quantitative estimate of drug-likeness (QED) is 0.560. The van der Waals surface area contributed by atoms with E-state index >= 15 is 0 Å². The highest BCUT2D eigenvalue weighted by Crippen LogP contribution is 2.31. The van der Waals surface area contributed by atoms with Crippen LogP contribution >= 0.6 is 12.4 Å². The first-order valence-corrected chi connectivity index (χ1v) is 12.4. The van der Waals surface area contributed by atoms with Crippen LogP contribution in [0, 0.1) is 19.8 Å². The van der Waals surface area contributed by atoms with Crippen LogP contribution in [0.4, 0.5) is 11.5 Å². The van der Waals surface area contributed by atoms with Crippen LogP contribution in [0.1, 0.15) is 29.8 Å². The fourth-order valence-corrected chi connectivity index (χ4v) is 5.18. The van der Waals surface area contributed by atoms with Crippen LogP contribution in [0.3, 0.4) is 0 Å². The average molecular weight is 498 g/mol. The highest BCUT2D eigenvalue weighted by molar-refractivity contribution is 5.85. The van der Waals surface area contributed by atoms with Gasteiger partial charge in [0.2, 0.25) is 0 Å². The van der Waals surface area contributed by atoms with Gasteiger partial charge in [0, 0.05) is 76.1 Å². The van der Waals surface area contributed by atoms with Crippen LogP contribution in [0.15, 0.2) is 42.7 Å². The molecule has 2 aliphatic heterocycles. The van der Waals surface area contributed by atoms with Crippen LogP contribution in [0.2, 0.25) is 0 Å². The Balaban J connectivity index is 0.00000289. The van der Waals surface area contributed by atoms with Crippen molar-refractivity contribution >= 4 is 23.9 Å². The van der Waals surface area contributed by atoms with Gasteiger partial charge < -0.3 is 14.9 Å². The Labute approximate surface area is 214 Å². The molecule has 0 bridgehead atoms. The summed E-state index contributed by atoms with van der Waals surface area (Å²) >= 11 is 0. The zero-order chi connectivity index (χ0) is 23.5. The Morgan fingerprint density at radius 1 is 0.886 bits per heavy atom. The number of anilines is 2. The van der Waals surface area contributed by atoms with Gasteiger partial charge in [0.1, 0.15) is 0 Å². The number of hydrogen-bond donors (Lipinski definition) is 1. The predicted molar refractivity (Wildman–Crippen MR) is 142 cm³/mol. The Bertz CT molecular complexity index is 1090. The number of nitrogens with zero attached hydrogens (tertiary/aromatic N) is 7. The predicted octanol–water partition coefficient (Wildman–Crippen LogP) is 3.23. The standard InChI is InChI=1S/C26H35N7O.ClH/c1-20-23(21(2)33(29-20)25-7-3-4-10-27-25)18-30-14-16-31(17-15-30)24-6-5-11-28-26(24)32-12-8-22(19-34)9-13-32;/h3-7,10-11,22,34H,8-9,12-19H2,1-2H3;1H. The first kappa shape index (κ1) is 25.4. The lowest BCUT2D eigenvalue weighted by atomic mass is 9.98. The van der Waals surface area contributed by atoms with Crippen molar-refractivity contribution in [3.8, 4) is 5.82 Å². The summed E-state index contributed by atoms with van der Waals surface area (Å²) in [6.07, 6.45) is 5.78. The largest absolute Gasteiger partial charge is 0.396 e. The van der Waals surface area contributed by atoms with Crippen LogP contribution < -0.4 is 9.80 Å². The van der Waals surface area contributed by atoms with Gasteiger partial charge in [0.05, 0.1) is 11.4 Å². The highest BCUT2D eigenvalue weighted by Gasteiger charge is 2.26.